The van der Waals surface area contributed by atoms with Crippen LogP contribution in [0.15, 0.2) is 12.7 Å². The highest BCUT2D eigenvalue weighted by Crippen LogP contribution is 2.14. The van der Waals surface area contributed by atoms with Crippen molar-refractivity contribution in [1.82, 2.24) is 0 Å². The lowest BCUT2D eigenvalue weighted by Gasteiger charge is -2.38. The number of quaternary nitrogens is 1. The van der Waals surface area contributed by atoms with Gasteiger partial charge in [-0.2, -0.15) is 0 Å². The predicted octanol–water partition coefficient (Wildman–Crippen LogP) is 1.39. The van der Waals surface area contributed by atoms with E-state index in [1.807, 2.05) is 0 Å². The molecule has 104 valence electrons. The summed E-state index contributed by atoms with van der Waals surface area (Å²) in [6, 6.07) is 0. The molecule has 0 amide bonds. The van der Waals surface area contributed by atoms with Crippen molar-refractivity contribution < 1.29 is 28.5 Å². The molecule has 0 aromatic rings. The van der Waals surface area contributed by atoms with Gasteiger partial charge >= 0.3 is 0 Å². The van der Waals surface area contributed by atoms with Crippen LogP contribution in [0.2, 0.25) is 0 Å². The molecular weight excluding hydrogens is 321 g/mol. The maximum absolute atomic E-state index is 3.95. The molecule has 1 nitrogen and oxygen atoms in total. The third kappa shape index (κ3) is 9.06. The highest BCUT2D eigenvalue weighted by atomic mass is 127. The van der Waals surface area contributed by atoms with Gasteiger partial charge in [0.1, 0.15) is 0 Å². The number of unbranched alkanes of at least 4 members (excludes halogenated alkanes) is 3. The van der Waals surface area contributed by atoms with Crippen molar-refractivity contribution in [1.29, 1.82) is 0 Å². The molecule has 0 aliphatic carbocycles. The van der Waals surface area contributed by atoms with Crippen LogP contribution in [0.5, 0.6) is 0 Å². The number of hydrogen-bond donors (Lipinski definition) is 0. The van der Waals surface area contributed by atoms with Crippen LogP contribution in [0.1, 0.15) is 59.3 Å². The van der Waals surface area contributed by atoms with Crippen LogP contribution in [-0.2, 0) is 0 Å². The zero-order valence-electron chi connectivity index (χ0n) is 12.2. The smallest absolute Gasteiger partial charge is 0.0971 e. The fourth-order valence-corrected chi connectivity index (χ4v) is 2.36. The van der Waals surface area contributed by atoms with Gasteiger partial charge in [0.2, 0.25) is 0 Å². The molecule has 0 heterocycles. The van der Waals surface area contributed by atoms with Crippen LogP contribution in [-0.4, -0.2) is 30.7 Å². The molecule has 0 atom stereocenters. The maximum Gasteiger partial charge on any atom is 0.0971 e. The number of nitrogens with zero attached hydrogens (tertiary/aromatic N) is 1. The summed E-state index contributed by atoms with van der Waals surface area (Å²) >= 11 is 0. The topological polar surface area (TPSA) is 0 Å². The van der Waals surface area contributed by atoms with Gasteiger partial charge in [0.15, 0.2) is 0 Å². The van der Waals surface area contributed by atoms with Crippen molar-refractivity contribution in [2.75, 3.05) is 26.2 Å². The third-order valence-corrected chi connectivity index (χ3v) is 3.47. The van der Waals surface area contributed by atoms with E-state index in [-0.39, 0.29) is 24.0 Å². The molecule has 0 unspecified atom stereocenters. The van der Waals surface area contributed by atoms with E-state index in [1.54, 1.807) is 0 Å². The lowest BCUT2D eigenvalue weighted by atomic mass is 10.1. The Bertz CT molecular complexity index is 147. The predicted molar refractivity (Wildman–Crippen MR) is 74.6 cm³/mol. The summed E-state index contributed by atoms with van der Waals surface area (Å²) in [6.45, 7) is 16.1. The molecule has 17 heavy (non-hydrogen) atoms. The van der Waals surface area contributed by atoms with Gasteiger partial charge in [-0.3, -0.25) is 0 Å². The zero-order chi connectivity index (χ0) is 12.3. The molecule has 0 aromatic carbocycles. The molecule has 0 bridgehead atoms. The number of halogens is 1. The number of rotatable bonds is 11. The molecule has 0 radical (unpaired) electrons. The van der Waals surface area contributed by atoms with Crippen LogP contribution in [0, 0.1) is 0 Å². The minimum absolute atomic E-state index is 0. The Labute approximate surface area is 126 Å². The first-order chi connectivity index (χ1) is 7.74. The maximum atomic E-state index is 3.95. The fraction of sp³-hybridized carbons (Fsp3) is 0.867. The van der Waals surface area contributed by atoms with E-state index in [0.717, 1.165) is 0 Å². The Morgan fingerprint density at radius 3 is 1.41 bits per heavy atom. The lowest BCUT2D eigenvalue weighted by Crippen LogP contribution is -3.00. The normalized spacial score (nSPS) is 11.0. The van der Waals surface area contributed by atoms with Crippen molar-refractivity contribution in [3.8, 4) is 0 Å². The van der Waals surface area contributed by atoms with Crippen LogP contribution in [0.4, 0.5) is 0 Å². The average Bonchev–Trinajstić information content (AvgIpc) is 2.31. The standard InChI is InChI=1S/C15H32N.HI/c1-5-9-13-16(12-8-4,14-10-6-2)15-11-7-3;/h8H,4-7,9-15H2,1-3H3;1H/q+1;/p-1. The molecule has 2 heteroatoms. The summed E-state index contributed by atoms with van der Waals surface area (Å²) in [7, 11) is 0. The Morgan fingerprint density at radius 1 is 0.824 bits per heavy atom. The van der Waals surface area contributed by atoms with Gasteiger partial charge < -0.3 is 28.5 Å². The van der Waals surface area contributed by atoms with Gasteiger partial charge in [-0.15, -0.1) is 0 Å². The second-order valence-electron chi connectivity index (χ2n) is 5.04. The van der Waals surface area contributed by atoms with Crippen molar-refractivity contribution in [2.45, 2.75) is 59.3 Å². The van der Waals surface area contributed by atoms with E-state index in [1.165, 1.54) is 69.2 Å². The van der Waals surface area contributed by atoms with Crippen LogP contribution < -0.4 is 24.0 Å². The molecule has 0 spiro atoms. The van der Waals surface area contributed by atoms with Crippen molar-refractivity contribution in [3.05, 3.63) is 12.7 Å². The van der Waals surface area contributed by atoms with E-state index < -0.39 is 0 Å². The Kier molecular flexibility index (Phi) is 15.0. The van der Waals surface area contributed by atoms with Gasteiger partial charge in [-0.05, 0) is 25.3 Å². The SMILES string of the molecule is C=CC[N+](CCCC)(CCCC)CCCC.[I-]. The van der Waals surface area contributed by atoms with Crippen molar-refractivity contribution in [2.24, 2.45) is 0 Å². The van der Waals surface area contributed by atoms with Crippen LogP contribution in [0.3, 0.4) is 0 Å². The van der Waals surface area contributed by atoms with Gasteiger partial charge in [-0.1, -0.05) is 46.6 Å². The quantitative estimate of drug-likeness (QED) is 0.299. The number of hydrogen-bond acceptors (Lipinski definition) is 0. The summed E-state index contributed by atoms with van der Waals surface area (Å²) in [5.74, 6) is 0. The molecule has 0 aliphatic heterocycles. The zero-order valence-corrected chi connectivity index (χ0v) is 14.3. The molecular formula is C15H32IN. The summed E-state index contributed by atoms with van der Waals surface area (Å²) in [5, 5.41) is 0. The summed E-state index contributed by atoms with van der Waals surface area (Å²) in [5.41, 5.74) is 0. The average molecular weight is 353 g/mol. The van der Waals surface area contributed by atoms with E-state index >= 15 is 0 Å². The van der Waals surface area contributed by atoms with Gasteiger partial charge in [-0.25, -0.2) is 0 Å². The minimum atomic E-state index is 0. The molecule has 0 fully saturated rings. The molecule has 0 saturated carbocycles. The van der Waals surface area contributed by atoms with Crippen LogP contribution >= 0.6 is 0 Å². The second kappa shape index (κ2) is 12.9. The molecule has 0 rings (SSSR count). The molecule has 0 aliphatic rings. The van der Waals surface area contributed by atoms with E-state index in [4.69, 9.17) is 0 Å². The van der Waals surface area contributed by atoms with Crippen LogP contribution in [0.25, 0.3) is 0 Å². The first-order valence-corrected chi connectivity index (χ1v) is 7.20. The molecule has 0 N–H and O–H groups in total. The van der Waals surface area contributed by atoms with Crippen molar-refractivity contribution >= 4 is 0 Å². The molecule has 0 aromatic heterocycles. The first kappa shape index (κ1) is 19.8. The second-order valence-corrected chi connectivity index (χ2v) is 5.04. The largest absolute Gasteiger partial charge is 1.00 e. The van der Waals surface area contributed by atoms with Gasteiger partial charge in [0, 0.05) is 0 Å². The van der Waals surface area contributed by atoms with E-state index in [0.29, 0.717) is 0 Å². The highest BCUT2D eigenvalue weighted by Gasteiger charge is 2.23. The van der Waals surface area contributed by atoms with Gasteiger partial charge in [0.25, 0.3) is 0 Å². The Hall–Kier alpha value is 0.430. The third-order valence-electron chi connectivity index (χ3n) is 3.47. The Balaban J connectivity index is 0. The fourth-order valence-electron chi connectivity index (χ4n) is 2.36. The van der Waals surface area contributed by atoms with E-state index in [9.17, 15) is 0 Å². The molecule has 0 saturated heterocycles. The monoisotopic (exact) mass is 353 g/mol. The minimum Gasteiger partial charge on any atom is -1.00 e. The summed E-state index contributed by atoms with van der Waals surface area (Å²) in [4.78, 5) is 0. The summed E-state index contributed by atoms with van der Waals surface area (Å²) < 4.78 is 1.29. The highest BCUT2D eigenvalue weighted by molar-refractivity contribution is 4.66. The van der Waals surface area contributed by atoms with Crippen molar-refractivity contribution in [3.63, 3.8) is 0 Å². The summed E-state index contributed by atoms with van der Waals surface area (Å²) in [6.07, 6.45) is 10.2. The first-order valence-electron chi connectivity index (χ1n) is 7.20. The Morgan fingerprint density at radius 2 is 1.18 bits per heavy atom. The van der Waals surface area contributed by atoms with Gasteiger partial charge in [0.05, 0.1) is 26.2 Å². The van der Waals surface area contributed by atoms with E-state index in [2.05, 4.69) is 33.4 Å². The lowest BCUT2D eigenvalue weighted by molar-refractivity contribution is -0.923.